The van der Waals surface area contributed by atoms with Gasteiger partial charge in [-0.05, 0) is 44.5 Å². The Kier molecular flexibility index (Phi) is 4.87. The molecule has 4 heteroatoms. The Labute approximate surface area is 108 Å². The van der Waals surface area contributed by atoms with Gasteiger partial charge in [0.1, 0.15) is 0 Å². The van der Waals surface area contributed by atoms with Gasteiger partial charge in [0.2, 0.25) is 0 Å². The Morgan fingerprint density at radius 2 is 1.78 bits per heavy atom. The molecule has 0 heterocycles. The summed E-state index contributed by atoms with van der Waals surface area (Å²) in [6, 6.07) is 3.51. The van der Waals surface area contributed by atoms with E-state index in [0.717, 1.165) is 22.3 Å². The molecule has 0 aliphatic heterocycles. The van der Waals surface area contributed by atoms with Crippen molar-refractivity contribution >= 4 is 5.97 Å². The number of likely N-dealkylation sites (N-methyl/N-ethyl adjacent to an activating group) is 1. The van der Waals surface area contributed by atoms with Gasteiger partial charge in [0, 0.05) is 6.04 Å². The molecule has 2 unspecified atom stereocenters. The van der Waals surface area contributed by atoms with Crippen LogP contribution in [-0.4, -0.2) is 29.3 Å². The molecule has 0 fully saturated rings. The van der Waals surface area contributed by atoms with E-state index in [2.05, 4.69) is 5.32 Å². The van der Waals surface area contributed by atoms with Gasteiger partial charge in [-0.1, -0.05) is 17.7 Å². The Morgan fingerprint density at radius 1 is 1.28 bits per heavy atom. The summed E-state index contributed by atoms with van der Waals surface area (Å²) in [7, 11) is 1.66. The van der Waals surface area contributed by atoms with Crippen LogP contribution in [0.25, 0.3) is 0 Å². The van der Waals surface area contributed by atoms with Gasteiger partial charge in [0.05, 0.1) is 12.5 Å². The first-order valence-electron chi connectivity index (χ1n) is 6.01. The number of benzene rings is 1. The average Bonchev–Trinajstić information content (AvgIpc) is 2.23. The quantitative estimate of drug-likeness (QED) is 0.745. The van der Waals surface area contributed by atoms with Gasteiger partial charge in [-0.25, -0.2) is 0 Å². The fourth-order valence-corrected chi connectivity index (χ4v) is 2.42. The van der Waals surface area contributed by atoms with Gasteiger partial charge < -0.3 is 15.5 Å². The van der Waals surface area contributed by atoms with Crippen molar-refractivity contribution in [2.24, 2.45) is 0 Å². The fraction of sp³-hybridized carbons (Fsp3) is 0.500. The summed E-state index contributed by atoms with van der Waals surface area (Å²) < 4.78 is 0. The first-order valence-corrected chi connectivity index (χ1v) is 6.01. The molecule has 2 atom stereocenters. The monoisotopic (exact) mass is 251 g/mol. The maximum atomic E-state index is 10.8. The van der Waals surface area contributed by atoms with Crippen molar-refractivity contribution in [3.8, 4) is 0 Å². The van der Waals surface area contributed by atoms with Crippen LogP contribution >= 0.6 is 0 Å². The van der Waals surface area contributed by atoms with E-state index in [1.165, 1.54) is 0 Å². The summed E-state index contributed by atoms with van der Waals surface area (Å²) in [5.41, 5.74) is 3.94. The number of nitrogens with one attached hydrogen (secondary N) is 1. The normalized spacial score (nSPS) is 14.3. The zero-order chi connectivity index (χ0) is 13.9. The molecule has 0 spiro atoms. The summed E-state index contributed by atoms with van der Waals surface area (Å²) in [6.07, 6.45) is -0.920. The number of aryl methyl sites for hydroxylation is 3. The first-order chi connectivity index (χ1) is 8.36. The van der Waals surface area contributed by atoms with Gasteiger partial charge in [-0.15, -0.1) is 0 Å². The summed E-state index contributed by atoms with van der Waals surface area (Å²) in [4.78, 5) is 10.8. The van der Waals surface area contributed by atoms with Crippen molar-refractivity contribution < 1.29 is 15.0 Å². The number of rotatable bonds is 5. The third-order valence-corrected chi connectivity index (χ3v) is 3.18. The SMILES string of the molecule is CNC(CC(=O)O)C(O)c1c(C)cc(C)cc1C. The average molecular weight is 251 g/mol. The number of carboxylic acids is 1. The molecule has 0 aromatic heterocycles. The van der Waals surface area contributed by atoms with Crippen molar-refractivity contribution in [3.05, 3.63) is 34.4 Å². The third-order valence-electron chi connectivity index (χ3n) is 3.18. The second kappa shape index (κ2) is 5.98. The summed E-state index contributed by atoms with van der Waals surface area (Å²) in [5.74, 6) is -0.921. The van der Waals surface area contributed by atoms with E-state index in [1.807, 2.05) is 32.9 Å². The lowest BCUT2D eigenvalue weighted by Crippen LogP contribution is -2.35. The molecule has 1 rings (SSSR count). The van der Waals surface area contributed by atoms with E-state index < -0.39 is 18.1 Å². The molecule has 100 valence electrons. The van der Waals surface area contributed by atoms with Crippen LogP contribution in [0.2, 0.25) is 0 Å². The predicted octanol–water partition coefficient (Wildman–Crippen LogP) is 1.71. The highest BCUT2D eigenvalue weighted by atomic mass is 16.4. The van der Waals surface area contributed by atoms with E-state index in [4.69, 9.17) is 5.11 Å². The number of aliphatic carboxylic acids is 1. The summed E-state index contributed by atoms with van der Waals surface area (Å²) >= 11 is 0. The maximum Gasteiger partial charge on any atom is 0.305 e. The molecule has 18 heavy (non-hydrogen) atoms. The third kappa shape index (κ3) is 3.31. The van der Waals surface area contributed by atoms with Crippen LogP contribution in [0.15, 0.2) is 12.1 Å². The minimum Gasteiger partial charge on any atom is -0.481 e. The second-order valence-electron chi connectivity index (χ2n) is 4.75. The molecule has 1 aromatic rings. The minimum atomic E-state index is -0.921. The van der Waals surface area contributed by atoms with Gasteiger partial charge in [-0.3, -0.25) is 4.79 Å². The Morgan fingerprint density at radius 3 is 2.17 bits per heavy atom. The van der Waals surface area contributed by atoms with Crippen LogP contribution in [0.4, 0.5) is 0 Å². The van der Waals surface area contributed by atoms with Crippen LogP contribution in [0.1, 0.15) is 34.8 Å². The Hall–Kier alpha value is -1.39. The van der Waals surface area contributed by atoms with E-state index in [0.29, 0.717) is 0 Å². The zero-order valence-corrected chi connectivity index (χ0v) is 11.3. The zero-order valence-electron chi connectivity index (χ0n) is 11.3. The molecule has 1 aromatic carbocycles. The van der Waals surface area contributed by atoms with Crippen molar-refractivity contribution in [2.45, 2.75) is 39.3 Å². The van der Waals surface area contributed by atoms with Crippen molar-refractivity contribution in [3.63, 3.8) is 0 Å². The van der Waals surface area contributed by atoms with Crippen molar-refractivity contribution in [2.75, 3.05) is 7.05 Å². The number of hydrogen-bond donors (Lipinski definition) is 3. The highest BCUT2D eigenvalue weighted by Gasteiger charge is 2.24. The topological polar surface area (TPSA) is 69.6 Å². The molecule has 0 saturated carbocycles. The lowest BCUT2D eigenvalue weighted by atomic mass is 9.91. The molecule has 0 radical (unpaired) electrons. The minimum absolute atomic E-state index is 0.107. The molecule has 0 bridgehead atoms. The molecular formula is C14H21NO3. The van der Waals surface area contributed by atoms with Crippen LogP contribution in [0, 0.1) is 20.8 Å². The van der Waals surface area contributed by atoms with Crippen LogP contribution in [-0.2, 0) is 4.79 Å². The van der Waals surface area contributed by atoms with Gasteiger partial charge >= 0.3 is 5.97 Å². The van der Waals surface area contributed by atoms with Crippen LogP contribution < -0.4 is 5.32 Å². The maximum absolute atomic E-state index is 10.8. The largest absolute Gasteiger partial charge is 0.481 e. The predicted molar refractivity (Wildman–Crippen MR) is 70.7 cm³/mol. The highest BCUT2D eigenvalue weighted by molar-refractivity contribution is 5.67. The van der Waals surface area contributed by atoms with Crippen molar-refractivity contribution in [1.82, 2.24) is 5.32 Å². The number of aliphatic hydroxyl groups excluding tert-OH is 1. The Balaban J connectivity index is 3.08. The van der Waals surface area contributed by atoms with Crippen LogP contribution in [0.3, 0.4) is 0 Å². The molecule has 0 amide bonds. The highest BCUT2D eigenvalue weighted by Crippen LogP contribution is 2.26. The lowest BCUT2D eigenvalue weighted by molar-refractivity contribution is -0.138. The lowest BCUT2D eigenvalue weighted by Gasteiger charge is -2.24. The Bertz CT molecular complexity index is 420. The second-order valence-corrected chi connectivity index (χ2v) is 4.75. The number of aliphatic hydroxyl groups is 1. The van der Waals surface area contributed by atoms with E-state index in [1.54, 1.807) is 7.05 Å². The smallest absolute Gasteiger partial charge is 0.305 e. The van der Waals surface area contributed by atoms with Gasteiger partial charge in [0.25, 0.3) is 0 Å². The fourth-order valence-electron chi connectivity index (χ4n) is 2.42. The summed E-state index contributed by atoms with van der Waals surface area (Å²) in [5, 5.41) is 22.1. The number of carbonyl (C=O) groups is 1. The summed E-state index contributed by atoms with van der Waals surface area (Å²) in [6.45, 7) is 5.88. The molecule has 0 aliphatic carbocycles. The standard InChI is InChI=1S/C14H21NO3/c1-8-5-9(2)13(10(3)6-8)14(18)11(15-4)7-12(16)17/h5-6,11,14-15,18H,7H2,1-4H3,(H,16,17). The van der Waals surface area contributed by atoms with E-state index >= 15 is 0 Å². The number of hydrogen-bond acceptors (Lipinski definition) is 3. The molecule has 0 saturated heterocycles. The van der Waals surface area contributed by atoms with E-state index in [-0.39, 0.29) is 6.42 Å². The molecule has 0 aliphatic rings. The van der Waals surface area contributed by atoms with Crippen LogP contribution in [0.5, 0.6) is 0 Å². The van der Waals surface area contributed by atoms with E-state index in [9.17, 15) is 9.90 Å². The van der Waals surface area contributed by atoms with Gasteiger partial charge in [0.15, 0.2) is 0 Å². The molecular weight excluding hydrogens is 230 g/mol. The van der Waals surface area contributed by atoms with Crippen molar-refractivity contribution in [1.29, 1.82) is 0 Å². The van der Waals surface area contributed by atoms with Gasteiger partial charge in [-0.2, -0.15) is 0 Å². The first kappa shape index (κ1) is 14.7. The molecule has 3 N–H and O–H groups in total. The number of carboxylic acid groups (broad SMARTS) is 1. The molecule has 4 nitrogen and oxygen atoms in total.